The number of nitrogens with zero attached hydrogens (tertiary/aromatic N) is 3. The van der Waals surface area contributed by atoms with Gasteiger partial charge in [0.05, 0.1) is 21.5 Å². The van der Waals surface area contributed by atoms with Crippen LogP contribution in [0.3, 0.4) is 0 Å². The maximum Gasteiger partial charge on any atom is 0.234 e. The molecule has 3 aromatic rings. The number of para-hydroxylation sites is 2. The first kappa shape index (κ1) is 21.5. The molecule has 3 rings (SSSR count). The van der Waals surface area contributed by atoms with Crippen molar-refractivity contribution in [2.75, 3.05) is 11.1 Å². The molecule has 0 saturated carbocycles. The molecule has 0 unspecified atom stereocenters. The van der Waals surface area contributed by atoms with Crippen molar-refractivity contribution in [1.82, 2.24) is 14.8 Å². The lowest BCUT2D eigenvalue weighted by Crippen LogP contribution is -2.15. The lowest BCUT2D eigenvalue weighted by atomic mass is 10.2. The van der Waals surface area contributed by atoms with Crippen molar-refractivity contribution < 1.29 is 9.53 Å². The largest absolute Gasteiger partial charge is 0.485 e. The highest BCUT2D eigenvalue weighted by Crippen LogP contribution is 2.30. The Morgan fingerprint density at radius 1 is 1.14 bits per heavy atom. The number of nitrogens with one attached hydrogen (secondary N) is 1. The lowest BCUT2D eigenvalue weighted by molar-refractivity contribution is -0.113. The lowest BCUT2D eigenvalue weighted by Gasteiger charge is -2.11. The van der Waals surface area contributed by atoms with Gasteiger partial charge in [0.25, 0.3) is 0 Å². The normalized spacial score (nSPS) is 10.8. The number of benzene rings is 2. The second-order valence-electron chi connectivity index (χ2n) is 6.13. The Bertz CT molecular complexity index is 990. The topological polar surface area (TPSA) is 69.0 Å². The van der Waals surface area contributed by atoms with Crippen LogP contribution in [0.15, 0.2) is 47.6 Å². The number of aryl methyl sites for hydroxylation is 1. The fourth-order valence-electron chi connectivity index (χ4n) is 2.63. The molecule has 0 fully saturated rings. The van der Waals surface area contributed by atoms with Gasteiger partial charge in [0.1, 0.15) is 12.4 Å². The summed E-state index contributed by atoms with van der Waals surface area (Å²) in [5.41, 5.74) is 1.46. The zero-order chi connectivity index (χ0) is 20.8. The van der Waals surface area contributed by atoms with Crippen molar-refractivity contribution in [2.45, 2.75) is 32.2 Å². The summed E-state index contributed by atoms with van der Waals surface area (Å²) in [5.74, 6) is 1.43. The predicted molar refractivity (Wildman–Crippen MR) is 117 cm³/mol. The van der Waals surface area contributed by atoms with Crippen LogP contribution in [0.5, 0.6) is 5.75 Å². The Kier molecular flexibility index (Phi) is 7.41. The van der Waals surface area contributed by atoms with Gasteiger partial charge in [-0.2, -0.15) is 0 Å². The van der Waals surface area contributed by atoms with Crippen LogP contribution in [0.25, 0.3) is 0 Å². The molecule has 0 aliphatic carbocycles. The van der Waals surface area contributed by atoms with E-state index < -0.39 is 0 Å². The first-order valence-electron chi connectivity index (χ1n) is 8.96. The average Bonchev–Trinajstić information content (AvgIpc) is 3.10. The van der Waals surface area contributed by atoms with E-state index in [2.05, 4.69) is 15.5 Å². The minimum Gasteiger partial charge on any atom is -0.485 e. The van der Waals surface area contributed by atoms with E-state index in [1.807, 2.05) is 42.7 Å². The Morgan fingerprint density at radius 2 is 1.86 bits per heavy atom. The Labute approximate surface area is 183 Å². The van der Waals surface area contributed by atoms with Crippen molar-refractivity contribution in [3.63, 3.8) is 0 Å². The van der Waals surface area contributed by atoms with Crippen LogP contribution in [0, 0.1) is 6.92 Å². The number of ether oxygens (including phenoxy) is 1. The van der Waals surface area contributed by atoms with E-state index in [1.165, 1.54) is 11.8 Å². The molecule has 152 valence electrons. The SMILES string of the molecule is CCn1c(COc2ccccc2C)nnc1SCC(=O)Nc1c(Cl)cccc1Cl. The molecule has 0 spiro atoms. The average molecular weight is 451 g/mol. The van der Waals surface area contributed by atoms with Gasteiger partial charge in [-0.1, -0.05) is 59.2 Å². The molecule has 1 aromatic heterocycles. The maximum absolute atomic E-state index is 12.3. The van der Waals surface area contributed by atoms with Crippen molar-refractivity contribution in [3.05, 3.63) is 63.9 Å². The molecular formula is C20H20Cl2N4O2S. The summed E-state index contributed by atoms with van der Waals surface area (Å²) in [7, 11) is 0. The summed E-state index contributed by atoms with van der Waals surface area (Å²) in [6, 6.07) is 12.9. The standard InChI is InChI=1S/C20H20Cl2N4O2S/c1-3-26-17(11-28-16-10-5-4-7-13(16)2)24-25-20(26)29-12-18(27)23-19-14(21)8-6-9-15(19)22/h4-10H,3,11-12H2,1-2H3,(H,23,27). The van der Waals surface area contributed by atoms with E-state index in [0.29, 0.717) is 39.9 Å². The number of thioether (sulfide) groups is 1. The zero-order valence-corrected chi connectivity index (χ0v) is 18.3. The monoisotopic (exact) mass is 450 g/mol. The number of aromatic nitrogens is 3. The number of halogens is 2. The van der Waals surface area contributed by atoms with Crippen LogP contribution >= 0.6 is 35.0 Å². The van der Waals surface area contributed by atoms with E-state index >= 15 is 0 Å². The Hall–Kier alpha value is -2.22. The van der Waals surface area contributed by atoms with E-state index in [-0.39, 0.29) is 11.7 Å². The van der Waals surface area contributed by atoms with E-state index in [1.54, 1.807) is 18.2 Å². The quantitative estimate of drug-likeness (QED) is 0.476. The molecule has 0 atom stereocenters. The number of hydrogen-bond donors (Lipinski definition) is 1. The molecule has 6 nitrogen and oxygen atoms in total. The molecule has 1 heterocycles. The second-order valence-corrected chi connectivity index (χ2v) is 7.89. The number of amides is 1. The minimum absolute atomic E-state index is 0.151. The van der Waals surface area contributed by atoms with Gasteiger partial charge in [-0.05, 0) is 37.6 Å². The van der Waals surface area contributed by atoms with Gasteiger partial charge in [0.15, 0.2) is 11.0 Å². The van der Waals surface area contributed by atoms with Crippen LogP contribution in [0.1, 0.15) is 18.3 Å². The van der Waals surface area contributed by atoms with Crippen molar-refractivity contribution in [1.29, 1.82) is 0 Å². The third-order valence-electron chi connectivity index (χ3n) is 4.12. The van der Waals surface area contributed by atoms with Crippen LogP contribution < -0.4 is 10.1 Å². The molecular weight excluding hydrogens is 431 g/mol. The summed E-state index contributed by atoms with van der Waals surface area (Å²) in [6.07, 6.45) is 0. The number of carbonyl (C=O) groups is 1. The van der Waals surface area contributed by atoms with Gasteiger partial charge < -0.3 is 14.6 Å². The fourth-order valence-corrected chi connectivity index (χ4v) is 3.95. The predicted octanol–water partition coefficient (Wildman–Crippen LogP) is 5.22. The van der Waals surface area contributed by atoms with Crippen molar-refractivity contribution in [3.8, 4) is 5.75 Å². The van der Waals surface area contributed by atoms with Crippen molar-refractivity contribution in [2.24, 2.45) is 0 Å². The summed E-state index contributed by atoms with van der Waals surface area (Å²) in [5, 5.41) is 12.6. The molecule has 0 aliphatic rings. The summed E-state index contributed by atoms with van der Waals surface area (Å²) >= 11 is 13.5. The second kappa shape index (κ2) is 10.0. The Morgan fingerprint density at radius 3 is 2.55 bits per heavy atom. The maximum atomic E-state index is 12.3. The number of hydrogen-bond acceptors (Lipinski definition) is 5. The number of anilines is 1. The molecule has 0 saturated heterocycles. The Balaban J connectivity index is 1.61. The van der Waals surface area contributed by atoms with Crippen molar-refractivity contribution >= 4 is 46.6 Å². The highest BCUT2D eigenvalue weighted by molar-refractivity contribution is 7.99. The molecule has 1 N–H and O–H groups in total. The number of carbonyl (C=O) groups excluding carboxylic acids is 1. The van der Waals surface area contributed by atoms with Crippen LogP contribution in [0.4, 0.5) is 5.69 Å². The van der Waals surface area contributed by atoms with Gasteiger partial charge in [-0.25, -0.2) is 0 Å². The van der Waals surface area contributed by atoms with E-state index in [0.717, 1.165) is 11.3 Å². The first-order valence-corrected chi connectivity index (χ1v) is 10.7. The molecule has 29 heavy (non-hydrogen) atoms. The van der Waals surface area contributed by atoms with Gasteiger partial charge in [-0.3, -0.25) is 4.79 Å². The smallest absolute Gasteiger partial charge is 0.234 e. The summed E-state index contributed by atoms with van der Waals surface area (Å²) in [6.45, 7) is 4.95. The number of rotatable bonds is 8. The molecule has 2 aromatic carbocycles. The van der Waals surface area contributed by atoms with Crippen LogP contribution in [-0.2, 0) is 17.9 Å². The van der Waals surface area contributed by atoms with Crippen LogP contribution in [0.2, 0.25) is 10.0 Å². The van der Waals surface area contributed by atoms with E-state index in [9.17, 15) is 4.79 Å². The van der Waals surface area contributed by atoms with Gasteiger partial charge in [-0.15, -0.1) is 10.2 Å². The molecule has 0 aliphatic heterocycles. The fraction of sp³-hybridized carbons (Fsp3) is 0.250. The first-order chi connectivity index (χ1) is 14.0. The van der Waals surface area contributed by atoms with Gasteiger partial charge >= 0.3 is 0 Å². The summed E-state index contributed by atoms with van der Waals surface area (Å²) < 4.78 is 7.80. The molecule has 9 heteroatoms. The minimum atomic E-state index is -0.228. The van der Waals surface area contributed by atoms with E-state index in [4.69, 9.17) is 27.9 Å². The third-order valence-corrected chi connectivity index (χ3v) is 5.72. The zero-order valence-electron chi connectivity index (χ0n) is 16.0. The third kappa shape index (κ3) is 5.44. The molecule has 1 amide bonds. The highest BCUT2D eigenvalue weighted by atomic mass is 35.5. The van der Waals surface area contributed by atoms with Gasteiger partial charge in [0, 0.05) is 6.54 Å². The molecule has 0 radical (unpaired) electrons. The van der Waals surface area contributed by atoms with Crippen LogP contribution in [-0.4, -0.2) is 26.4 Å². The molecule has 0 bridgehead atoms. The highest BCUT2D eigenvalue weighted by Gasteiger charge is 2.15. The van der Waals surface area contributed by atoms with Gasteiger partial charge in [0.2, 0.25) is 5.91 Å². The summed E-state index contributed by atoms with van der Waals surface area (Å²) in [4.78, 5) is 12.3.